The monoisotopic (exact) mass is 386 g/mol. The van der Waals surface area contributed by atoms with Gasteiger partial charge in [-0.05, 0) is 62.4 Å². The second kappa shape index (κ2) is 7.43. The van der Waals surface area contributed by atoms with E-state index in [4.69, 9.17) is 4.42 Å². The van der Waals surface area contributed by atoms with Crippen LogP contribution >= 0.6 is 0 Å². The van der Waals surface area contributed by atoms with Crippen LogP contribution in [0.1, 0.15) is 23.3 Å². The lowest BCUT2D eigenvalue weighted by Crippen LogP contribution is -2.68. The minimum atomic E-state index is -1.12. The predicted molar refractivity (Wildman–Crippen MR) is 114 cm³/mol. The topological polar surface area (TPSA) is 62.6 Å². The van der Waals surface area contributed by atoms with E-state index in [1.807, 2.05) is 62.4 Å². The van der Waals surface area contributed by atoms with Gasteiger partial charge in [0.25, 0.3) is 5.91 Å². The molecule has 0 bridgehead atoms. The highest BCUT2D eigenvalue weighted by atomic mass is 16.3. The molecule has 1 aromatic heterocycles. The number of carbonyl (C=O) groups is 2. The van der Waals surface area contributed by atoms with Crippen molar-refractivity contribution in [1.29, 1.82) is 0 Å². The van der Waals surface area contributed by atoms with Crippen LogP contribution in [0.25, 0.3) is 6.08 Å². The molecule has 1 aliphatic rings. The molecule has 4 rings (SSSR count). The molecule has 5 nitrogen and oxygen atoms in total. The molecule has 0 radical (unpaired) electrons. The summed E-state index contributed by atoms with van der Waals surface area (Å²) < 4.78 is 5.37. The lowest BCUT2D eigenvalue weighted by atomic mass is 9.81. The van der Waals surface area contributed by atoms with Crippen molar-refractivity contribution in [3.63, 3.8) is 0 Å². The highest BCUT2D eigenvalue weighted by molar-refractivity contribution is 6.18. The Kier molecular flexibility index (Phi) is 4.80. The van der Waals surface area contributed by atoms with Gasteiger partial charge in [0.2, 0.25) is 5.91 Å². The van der Waals surface area contributed by atoms with Crippen molar-refractivity contribution >= 4 is 29.3 Å². The fourth-order valence-corrected chi connectivity index (χ4v) is 3.46. The van der Waals surface area contributed by atoms with Gasteiger partial charge in [0.05, 0.1) is 12.7 Å². The van der Waals surface area contributed by atoms with Crippen molar-refractivity contribution in [3.8, 4) is 0 Å². The number of benzene rings is 2. The fourth-order valence-electron chi connectivity index (χ4n) is 3.46. The van der Waals surface area contributed by atoms with Crippen LogP contribution in [0.4, 0.5) is 11.4 Å². The second-order valence-corrected chi connectivity index (χ2v) is 7.33. The molecule has 1 saturated heterocycles. The number of hydrogen-bond acceptors (Lipinski definition) is 3. The van der Waals surface area contributed by atoms with Crippen LogP contribution in [-0.2, 0) is 9.59 Å². The number of β-lactam (4-membered cyclic amide) rings is 1. The first-order chi connectivity index (χ1) is 14.0. The van der Waals surface area contributed by atoms with E-state index in [0.717, 1.165) is 11.1 Å². The molecule has 5 heteroatoms. The highest BCUT2D eigenvalue weighted by Gasteiger charge is 2.55. The van der Waals surface area contributed by atoms with Crippen molar-refractivity contribution in [2.75, 3.05) is 10.2 Å². The number of nitrogens with one attached hydrogen (secondary N) is 1. The summed E-state index contributed by atoms with van der Waals surface area (Å²) in [5.41, 5.74) is 2.45. The lowest BCUT2D eigenvalue weighted by molar-refractivity contribution is -0.134. The largest absolute Gasteiger partial charge is 0.465 e. The van der Waals surface area contributed by atoms with Gasteiger partial charge in [0.1, 0.15) is 5.76 Å². The van der Waals surface area contributed by atoms with Gasteiger partial charge >= 0.3 is 0 Å². The fraction of sp³-hybridized carbons (Fsp3) is 0.167. The van der Waals surface area contributed by atoms with Gasteiger partial charge < -0.3 is 9.73 Å². The van der Waals surface area contributed by atoms with E-state index in [1.165, 1.54) is 0 Å². The maximum absolute atomic E-state index is 13.4. The Morgan fingerprint density at radius 2 is 1.69 bits per heavy atom. The molecule has 2 heterocycles. The van der Waals surface area contributed by atoms with E-state index in [1.54, 1.807) is 35.4 Å². The number of amides is 2. The average molecular weight is 386 g/mol. The Hall–Kier alpha value is -3.60. The third-order valence-corrected chi connectivity index (χ3v) is 5.13. The second-order valence-electron chi connectivity index (χ2n) is 7.33. The predicted octanol–water partition coefficient (Wildman–Crippen LogP) is 4.72. The number of rotatable bonds is 5. The number of anilines is 2. The molecule has 146 valence electrons. The Labute approximate surface area is 169 Å². The molecule has 1 aliphatic heterocycles. The van der Waals surface area contributed by atoms with Crippen LogP contribution in [0.2, 0.25) is 0 Å². The lowest BCUT2D eigenvalue weighted by Gasteiger charge is -2.48. The van der Waals surface area contributed by atoms with Crippen LogP contribution in [0.3, 0.4) is 0 Å². The molecule has 3 aromatic rings. The van der Waals surface area contributed by atoms with Crippen molar-refractivity contribution < 1.29 is 14.0 Å². The Balaban J connectivity index is 1.70. The molecule has 0 aliphatic carbocycles. The summed E-state index contributed by atoms with van der Waals surface area (Å²) in [7, 11) is 0. The van der Waals surface area contributed by atoms with Gasteiger partial charge in [-0.2, -0.15) is 0 Å². The minimum Gasteiger partial charge on any atom is -0.465 e. The van der Waals surface area contributed by atoms with Crippen molar-refractivity contribution in [2.24, 2.45) is 0 Å². The van der Waals surface area contributed by atoms with Gasteiger partial charge in [-0.25, -0.2) is 0 Å². The van der Waals surface area contributed by atoms with E-state index in [9.17, 15) is 9.59 Å². The number of hydrogen-bond donors (Lipinski definition) is 1. The Morgan fingerprint density at radius 3 is 2.28 bits per heavy atom. The van der Waals surface area contributed by atoms with Gasteiger partial charge in [-0.1, -0.05) is 35.4 Å². The number of nitrogens with zero attached hydrogens (tertiary/aromatic N) is 1. The normalized spacial score (nSPS) is 18.7. The van der Waals surface area contributed by atoms with E-state index in [2.05, 4.69) is 5.32 Å². The van der Waals surface area contributed by atoms with Crippen LogP contribution in [-0.4, -0.2) is 17.4 Å². The zero-order valence-electron chi connectivity index (χ0n) is 16.4. The quantitative estimate of drug-likeness (QED) is 0.645. The third-order valence-electron chi connectivity index (χ3n) is 5.13. The summed E-state index contributed by atoms with van der Waals surface area (Å²) in [5, 5.41) is 2.96. The van der Waals surface area contributed by atoms with E-state index < -0.39 is 5.54 Å². The molecule has 2 aromatic carbocycles. The van der Waals surface area contributed by atoms with Gasteiger partial charge in [0, 0.05) is 11.4 Å². The SMILES string of the molecule is Cc1ccc(NC(=O)C2(C=Cc3ccco3)CC(=O)N2c2ccc(C)cc2)cc1. The third kappa shape index (κ3) is 3.59. The summed E-state index contributed by atoms with van der Waals surface area (Å²) in [6, 6.07) is 18.7. The number of aryl methyl sites for hydroxylation is 2. The molecule has 1 N–H and O–H groups in total. The first kappa shape index (κ1) is 18.7. The van der Waals surface area contributed by atoms with Gasteiger partial charge in [0.15, 0.2) is 5.54 Å². The van der Waals surface area contributed by atoms with Crippen LogP contribution in [0.5, 0.6) is 0 Å². The maximum atomic E-state index is 13.4. The summed E-state index contributed by atoms with van der Waals surface area (Å²) in [6.07, 6.45) is 5.15. The molecular weight excluding hydrogens is 364 g/mol. The Bertz CT molecular complexity index is 1050. The van der Waals surface area contributed by atoms with E-state index in [-0.39, 0.29) is 18.2 Å². The van der Waals surface area contributed by atoms with Crippen LogP contribution < -0.4 is 10.2 Å². The molecule has 1 fully saturated rings. The zero-order chi connectivity index (χ0) is 20.4. The molecule has 2 amide bonds. The first-order valence-corrected chi connectivity index (χ1v) is 9.48. The summed E-state index contributed by atoms with van der Waals surface area (Å²) in [5.74, 6) is 0.261. The minimum absolute atomic E-state index is 0.0930. The standard InChI is InChI=1S/C24H22N2O3/c1-17-5-9-19(10-6-17)25-23(28)24(14-13-21-4-3-15-29-21)16-22(27)26(24)20-11-7-18(2)8-12-20/h3-15H,16H2,1-2H3,(H,25,28). The van der Waals surface area contributed by atoms with Crippen molar-refractivity contribution in [2.45, 2.75) is 25.8 Å². The van der Waals surface area contributed by atoms with Crippen molar-refractivity contribution in [1.82, 2.24) is 0 Å². The van der Waals surface area contributed by atoms with Crippen molar-refractivity contribution in [3.05, 3.63) is 89.9 Å². The maximum Gasteiger partial charge on any atom is 0.255 e. The molecule has 29 heavy (non-hydrogen) atoms. The smallest absolute Gasteiger partial charge is 0.255 e. The zero-order valence-corrected chi connectivity index (χ0v) is 16.4. The molecule has 1 unspecified atom stereocenters. The molecule has 0 spiro atoms. The Morgan fingerprint density at radius 1 is 1.03 bits per heavy atom. The van der Waals surface area contributed by atoms with Crippen LogP contribution in [0, 0.1) is 13.8 Å². The van der Waals surface area contributed by atoms with Crippen LogP contribution in [0.15, 0.2) is 77.4 Å². The average Bonchev–Trinajstić information content (AvgIpc) is 3.22. The first-order valence-electron chi connectivity index (χ1n) is 9.48. The number of furan rings is 1. The summed E-state index contributed by atoms with van der Waals surface area (Å²) in [6.45, 7) is 3.97. The number of carbonyl (C=O) groups excluding carboxylic acids is 2. The van der Waals surface area contributed by atoms with Gasteiger partial charge in [-0.3, -0.25) is 14.5 Å². The molecule has 0 saturated carbocycles. The summed E-state index contributed by atoms with van der Waals surface area (Å²) >= 11 is 0. The van der Waals surface area contributed by atoms with Gasteiger partial charge in [-0.15, -0.1) is 0 Å². The van der Waals surface area contributed by atoms with E-state index in [0.29, 0.717) is 17.1 Å². The molecule has 1 atom stereocenters. The highest BCUT2D eigenvalue weighted by Crippen LogP contribution is 2.40. The summed E-state index contributed by atoms with van der Waals surface area (Å²) in [4.78, 5) is 27.5. The molecular formula is C24H22N2O3. The van der Waals surface area contributed by atoms with E-state index >= 15 is 0 Å².